The van der Waals surface area contributed by atoms with E-state index in [4.69, 9.17) is 4.98 Å². The van der Waals surface area contributed by atoms with Crippen molar-refractivity contribution in [3.63, 3.8) is 0 Å². The van der Waals surface area contributed by atoms with Gasteiger partial charge in [-0.1, -0.05) is 66.4 Å². The molecule has 0 spiro atoms. The lowest BCUT2D eigenvalue weighted by atomic mass is 10.0. The van der Waals surface area contributed by atoms with Crippen molar-refractivity contribution in [2.75, 3.05) is 0 Å². The third-order valence-corrected chi connectivity index (χ3v) is 7.33. The largest absolute Gasteiger partial charge is 0.506 e. The molecule has 0 atom stereocenters. The molecule has 0 amide bonds. The predicted molar refractivity (Wildman–Crippen MR) is 144 cm³/mol. The maximum Gasteiger partial charge on any atom is 0.142 e. The number of benzene rings is 4. The van der Waals surface area contributed by atoms with Gasteiger partial charge in [0.05, 0.1) is 11.0 Å². The van der Waals surface area contributed by atoms with Crippen LogP contribution in [0, 0.1) is 0 Å². The van der Waals surface area contributed by atoms with Gasteiger partial charge in [0.1, 0.15) is 22.1 Å². The van der Waals surface area contributed by atoms with Crippen LogP contribution < -0.4 is 0 Å². The molecule has 7 rings (SSSR count). The standard InChI is InChI=1S/C30H19N3OS/c34-27-17-19-7-1-2-8-21(19)24-14-15-29(32-30(24)27)35-20-12-13-23-22-9-3-4-10-25(22)33(26(23)18-20)28-11-5-6-16-31-28/h1-18,34H. The fraction of sp³-hybridized carbons (Fsp3) is 0. The van der Waals surface area contributed by atoms with Crippen molar-refractivity contribution < 1.29 is 5.11 Å². The van der Waals surface area contributed by atoms with Gasteiger partial charge in [-0.15, -0.1) is 0 Å². The van der Waals surface area contributed by atoms with Crippen molar-refractivity contribution in [2.45, 2.75) is 9.92 Å². The third kappa shape index (κ3) is 3.24. The molecule has 0 fully saturated rings. The van der Waals surface area contributed by atoms with E-state index in [-0.39, 0.29) is 5.75 Å². The number of phenols is 1. The molecule has 4 aromatic carbocycles. The number of fused-ring (bicyclic) bond motifs is 6. The Labute approximate surface area is 205 Å². The lowest BCUT2D eigenvalue weighted by molar-refractivity contribution is 0.481. The molecule has 3 aromatic heterocycles. The van der Waals surface area contributed by atoms with Crippen LogP contribution in [0.1, 0.15) is 0 Å². The smallest absolute Gasteiger partial charge is 0.142 e. The molecule has 0 aliphatic rings. The Hall–Kier alpha value is -4.35. The van der Waals surface area contributed by atoms with Crippen LogP contribution in [-0.4, -0.2) is 19.6 Å². The van der Waals surface area contributed by atoms with Gasteiger partial charge >= 0.3 is 0 Å². The molecule has 0 bridgehead atoms. The number of rotatable bonds is 3. The molecule has 1 N–H and O–H groups in total. The lowest BCUT2D eigenvalue weighted by Crippen LogP contribution is -1.96. The Morgan fingerprint density at radius 2 is 1.43 bits per heavy atom. The number of para-hydroxylation sites is 1. The molecule has 3 heterocycles. The Kier molecular flexibility index (Phi) is 4.50. The minimum Gasteiger partial charge on any atom is -0.506 e. The number of aromatic hydroxyl groups is 1. The summed E-state index contributed by atoms with van der Waals surface area (Å²) in [7, 11) is 0. The highest BCUT2D eigenvalue weighted by atomic mass is 32.2. The minimum atomic E-state index is 0.201. The first-order valence-electron chi connectivity index (χ1n) is 11.4. The predicted octanol–water partition coefficient (Wildman–Crippen LogP) is 7.74. The molecule has 7 aromatic rings. The maximum atomic E-state index is 10.7. The van der Waals surface area contributed by atoms with E-state index in [1.165, 1.54) is 10.8 Å². The molecular weight excluding hydrogens is 450 g/mol. The summed E-state index contributed by atoms with van der Waals surface area (Å²) in [6.07, 6.45) is 1.82. The molecule has 0 aliphatic heterocycles. The second-order valence-corrected chi connectivity index (χ2v) is 9.58. The van der Waals surface area contributed by atoms with Crippen LogP contribution in [0.2, 0.25) is 0 Å². The van der Waals surface area contributed by atoms with Crippen LogP contribution in [0.3, 0.4) is 0 Å². The van der Waals surface area contributed by atoms with Gasteiger partial charge in [0, 0.05) is 27.3 Å². The van der Waals surface area contributed by atoms with E-state index in [0.29, 0.717) is 5.52 Å². The van der Waals surface area contributed by atoms with Gasteiger partial charge in [0.15, 0.2) is 0 Å². The normalized spacial score (nSPS) is 11.7. The Balaban J connectivity index is 1.37. The summed E-state index contributed by atoms with van der Waals surface area (Å²) < 4.78 is 2.21. The Morgan fingerprint density at radius 3 is 2.31 bits per heavy atom. The van der Waals surface area contributed by atoms with Gasteiger partial charge in [-0.25, -0.2) is 9.97 Å². The topological polar surface area (TPSA) is 50.9 Å². The Bertz CT molecular complexity index is 1890. The molecule has 0 unspecified atom stereocenters. The Morgan fingerprint density at radius 1 is 0.657 bits per heavy atom. The number of pyridine rings is 2. The number of aromatic nitrogens is 3. The van der Waals surface area contributed by atoms with Crippen LogP contribution in [-0.2, 0) is 0 Å². The molecule has 0 radical (unpaired) electrons. The molecule has 5 heteroatoms. The lowest BCUT2D eigenvalue weighted by Gasteiger charge is -2.09. The number of hydrogen-bond donors (Lipinski definition) is 1. The van der Waals surface area contributed by atoms with Crippen molar-refractivity contribution in [3.05, 3.63) is 109 Å². The van der Waals surface area contributed by atoms with Crippen molar-refractivity contribution in [3.8, 4) is 11.6 Å². The molecule has 0 saturated heterocycles. The van der Waals surface area contributed by atoms with E-state index in [0.717, 1.165) is 42.9 Å². The van der Waals surface area contributed by atoms with Crippen molar-refractivity contribution in [2.24, 2.45) is 0 Å². The average molecular weight is 470 g/mol. The van der Waals surface area contributed by atoms with Crippen LogP contribution in [0.4, 0.5) is 0 Å². The number of phenolic OH excluding ortho intramolecular Hbond substituents is 1. The molecule has 0 aliphatic carbocycles. The number of hydrogen-bond acceptors (Lipinski definition) is 4. The zero-order valence-corrected chi connectivity index (χ0v) is 19.4. The highest BCUT2D eigenvalue weighted by molar-refractivity contribution is 7.99. The van der Waals surface area contributed by atoms with Crippen molar-refractivity contribution >= 4 is 55.2 Å². The van der Waals surface area contributed by atoms with Gasteiger partial charge in [0.2, 0.25) is 0 Å². The summed E-state index contributed by atoms with van der Waals surface area (Å²) in [6.45, 7) is 0. The van der Waals surface area contributed by atoms with E-state index >= 15 is 0 Å². The van der Waals surface area contributed by atoms with Gasteiger partial charge in [-0.3, -0.25) is 4.57 Å². The van der Waals surface area contributed by atoms with E-state index in [1.54, 1.807) is 17.8 Å². The van der Waals surface area contributed by atoms with Crippen LogP contribution >= 0.6 is 11.8 Å². The molecule has 166 valence electrons. The summed E-state index contributed by atoms with van der Waals surface area (Å²) in [6, 6.07) is 34.8. The third-order valence-electron chi connectivity index (χ3n) is 6.40. The summed E-state index contributed by atoms with van der Waals surface area (Å²) in [5, 5.41) is 16.9. The highest BCUT2D eigenvalue weighted by Crippen LogP contribution is 2.37. The summed E-state index contributed by atoms with van der Waals surface area (Å²) in [4.78, 5) is 10.5. The molecule has 0 saturated carbocycles. The second-order valence-electron chi connectivity index (χ2n) is 8.48. The zero-order chi connectivity index (χ0) is 23.4. The zero-order valence-electron chi connectivity index (χ0n) is 18.6. The highest BCUT2D eigenvalue weighted by Gasteiger charge is 2.14. The summed E-state index contributed by atoms with van der Waals surface area (Å²) in [5.74, 6) is 1.09. The van der Waals surface area contributed by atoms with E-state index < -0.39 is 0 Å². The minimum absolute atomic E-state index is 0.201. The summed E-state index contributed by atoms with van der Waals surface area (Å²) in [5.41, 5.74) is 2.85. The molecular formula is C30H19N3OS. The molecule has 4 nitrogen and oxygen atoms in total. The fourth-order valence-electron chi connectivity index (χ4n) is 4.86. The van der Waals surface area contributed by atoms with Gasteiger partial charge in [0.25, 0.3) is 0 Å². The molecule has 35 heavy (non-hydrogen) atoms. The monoisotopic (exact) mass is 469 g/mol. The first kappa shape index (κ1) is 20.1. The van der Waals surface area contributed by atoms with E-state index in [2.05, 4.69) is 64.1 Å². The van der Waals surface area contributed by atoms with Crippen LogP contribution in [0.5, 0.6) is 5.75 Å². The first-order chi connectivity index (χ1) is 17.3. The van der Waals surface area contributed by atoms with Crippen molar-refractivity contribution in [1.29, 1.82) is 0 Å². The van der Waals surface area contributed by atoms with Crippen LogP contribution in [0.15, 0.2) is 119 Å². The van der Waals surface area contributed by atoms with E-state index in [1.807, 2.05) is 48.7 Å². The fourth-order valence-corrected chi connectivity index (χ4v) is 5.68. The van der Waals surface area contributed by atoms with Gasteiger partial charge < -0.3 is 5.11 Å². The van der Waals surface area contributed by atoms with Gasteiger partial charge in [-0.2, -0.15) is 0 Å². The first-order valence-corrected chi connectivity index (χ1v) is 12.2. The van der Waals surface area contributed by atoms with Crippen LogP contribution in [0.25, 0.3) is 49.3 Å². The number of nitrogens with zero attached hydrogens (tertiary/aromatic N) is 3. The summed E-state index contributed by atoms with van der Waals surface area (Å²) >= 11 is 1.59. The van der Waals surface area contributed by atoms with Gasteiger partial charge in [-0.05, 0) is 59.3 Å². The quantitative estimate of drug-likeness (QED) is 0.269. The maximum absolute atomic E-state index is 10.7. The average Bonchev–Trinajstić information content (AvgIpc) is 3.23. The van der Waals surface area contributed by atoms with E-state index in [9.17, 15) is 5.11 Å². The second kappa shape index (κ2) is 7.86. The SMILES string of the molecule is Oc1cc2ccccc2c2ccc(Sc3ccc4c5ccccc5n(-c5ccccn5)c4c3)nc12. The van der Waals surface area contributed by atoms with Crippen molar-refractivity contribution in [1.82, 2.24) is 14.5 Å².